The molecule has 3 aromatic rings. The molecule has 0 aliphatic carbocycles. The van der Waals surface area contributed by atoms with Gasteiger partial charge in [0, 0.05) is 30.9 Å². The van der Waals surface area contributed by atoms with Crippen molar-refractivity contribution in [2.45, 2.75) is 18.9 Å². The fraction of sp³-hybridized carbons (Fsp3) is 0.185. The van der Waals surface area contributed by atoms with E-state index in [1.807, 2.05) is 6.07 Å². The van der Waals surface area contributed by atoms with Crippen LogP contribution in [0.15, 0.2) is 78.9 Å². The first kappa shape index (κ1) is 23.8. The average molecular weight is 472 g/mol. The van der Waals surface area contributed by atoms with Gasteiger partial charge in [0.1, 0.15) is 0 Å². The maximum Gasteiger partial charge on any atom is 0.270 e. The molecular weight excluding hydrogens is 446 g/mol. The van der Waals surface area contributed by atoms with Gasteiger partial charge in [0.2, 0.25) is 0 Å². The zero-order chi connectivity index (χ0) is 24.6. The molecule has 8 heteroatoms. The van der Waals surface area contributed by atoms with E-state index in [0.29, 0.717) is 41.1 Å². The van der Waals surface area contributed by atoms with Crippen LogP contribution >= 0.6 is 0 Å². The molecule has 0 saturated carbocycles. The number of carbonyl (C=O) groups excluding carboxylic acids is 2. The zero-order valence-corrected chi connectivity index (χ0v) is 19.0. The van der Waals surface area contributed by atoms with E-state index in [4.69, 9.17) is 4.74 Å². The average Bonchev–Trinajstić information content (AvgIpc) is 3.40. The van der Waals surface area contributed by atoms with Crippen molar-refractivity contribution < 1.29 is 19.2 Å². The summed E-state index contributed by atoms with van der Waals surface area (Å²) in [5, 5.41) is 16.9. The Labute approximate surface area is 202 Å². The summed E-state index contributed by atoms with van der Waals surface area (Å²) in [5.41, 5.74) is 2.08. The number of benzene rings is 3. The molecule has 1 fully saturated rings. The van der Waals surface area contributed by atoms with Gasteiger partial charge >= 0.3 is 0 Å². The highest BCUT2D eigenvalue weighted by molar-refractivity contribution is 6.29. The predicted molar refractivity (Wildman–Crippen MR) is 134 cm³/mol. The molecule has 8 nitrogen and oxygen atoms in total. The zero-order valence-electron chi connectivity index (χ0n) is 19.0. The molecule has 35 heavy (non-hydrogen) atoms. The van der Waals surface area contributed by atoms with Gasteiger partial charge in [0.25, 0.3) is 17.5 Å². The molecule has 0 bridgehead atoms. The molecular formula is C27H25N3O5. The third kappa shape index (κ3) is 6.18. The van der Waals surface area contributed by atoms with Gasteiger partial charge in [-0.15, -0.1) is 0 Å². The minimum absolute atomic E-state index is 0.00301. The Morgan fingerprint density at radius 2 is 1.80 bits per heavy atom. The van der Waals surface area contributed by atoms with Crippen molar-refractivity contribution >= 4 is 34.8 Å². The Bertz CT molecular complexity index is 1250. The number of ether oxygens (including phenoxy) is 1. The molecule has 0 radical (unpaired) electrons. The quantitative estimate of drug-likeness (QED) is 0.214. The minimum Gasteiger partial charge on any atom is -0.376 e. The summed E-state index contributed by atoms with van der Waals surface area (Å²) in [6, 6.07) is 21.8. The molecule has 3 aromatic carbocycles. The number of nitro groups is 1. The third-order valence-electron chi connectivity index (χ3n) is 5.66. The van der Waals surface area contributed by atoms with Crippen molar-refractivity contribution in [2.75, 3.05) is 18.5 Å². The number of non-ortho nitro benzene ring substituents is 1. The van der Waals surface area contributed by atoms with E-state index >= 15 is 0 Å². The first-order chi connectivity index (χ1) is 17.0. The van der Waals surface area contributed by atoms with Crippen molar-refractivity contribution in [1.29, 1.82) is 0 Å². The topological polar surface area (TPSA) is 111 Å². The van der Waals surface area contributed by atoms with Crippen LogP contribution in [0.5, 0.6) is 0 Å². The molecule has 0 spiro atoms. The van der Waals surface area contributed by atoms with Crippen LogP contribution in [0.3, 0.4) is 0 Å². The van der Waals surface area contributed by atoms with Crippen molar-refractivity contribution in [2.24, 2.45) is 0 Å². The summed E-state index contributed by atoms with van der Waals surface area (Å²) in [4.78, 5) is 37.0. The second kappa shape index (κ2) is 11.2. The SMILES string of the molecule is O=C(Nc1ccccc1C(=O)NC[C@@H]1CCCO1)/C(=C/c1cccc([N+](=O)[O-])c1)c1ccccc1. The number of nitrogens with one attached hydrogen (secondary N) is 2. The smallest absolute Gasteiger partial charge is 0.270 e. The van der Waals surface area contributed by atoms with Crippen LogP contribution in [-0.2, 0) is 9.53 Å². The van der Waals surface area contributed by atoms with Crippen LogP contribution in [0, 0.1) is 10.1 Å². The second-order valence-corrected chi connectivity index (χ2v) is 8.12. The minimum atomic E-state index is -0.481. The number of anilines is 1. The maximum absolute atomic E-state index is 13.4. The van der Waals surface area contributed by atoms with Crippen LogP contribution in [0.25, 0.3) is 11.6 Å². The van der Waals surface area contributed by atoms with Crippen LogP contribution in [-0.4, -0.2) is 36.0 Å². The van der Waals surface area contributed by atoms with Crippen molar-refractivity contribution in [1.82, 2.24) is 5.32 Å². The summed E-state index contributed by atoms with van der Waals surface area (Å²) < 4.78 is 5.56. The molecule has 2 amide bonds. The third-order valence-corrected chi connectivity index (χ3v) is 5.66. The van der Waals surface area contributed by atoms with E-state index in [9.17, 15) is 19.7 Å². The van der Waals surface area contributed by atoms with E-state index in [-0.39, 0.29) is 17.7 Å². The number of rotatable bonds is 8. The van der Waals surface area contributed by atoms with Crippen molar-refractivity contribution in [3.8, 4) is 0 Å². The summed E-state index contributed by atoms with van der Waals surface area (Å²) in [6.07, 6.45) is 3.48. The summed E-state index contributed by atoms with van der Waals surface area (Å²) in [5.74, 6) is -0.748. The largest absolute Gasteiger partial charge is 0.376 e. The van der Waals surface area contributed by atoms with Gasteiger partial charge in [-0.3, -0.25) is 19.7 Å². The fourth-order valence-corrected chi connectivity index (χ4v) is 3.88. The van der Waals surface area contributed by atoms with Crippen LogP contribution < -0.4 is 10.6 Å². The Hall–Kier alpha value is -4.30. The van der Waals surface area contributed by atoms with E-state index in [1.54, 1.807) is 66.7 Å². The standard InChI is InChI=1S/C27H25N3O5/c31-26(28-18-22-12-7-15-35-22)23-13-4-5-14-25(23)29-27(32)24(20-9-2-1-3-10-20)17-19-8-6-11-21(16-19)30(33)34/h1-6,8-11,13-14,16-17,22H,7,12,15,18H2,(H,28,31)(H,29,32)/b24-17+/t22-/m0/s1. The number of para-hydroxylation sites is 1. The van der Waals surface area contributed by atoms with E-state index in [2.05, 4.69) is 10.6 Å². The molecule has 178 valence electrons. The molecule has 4 rings (SSSR count). The van der Waals surface area contributed by atoms with E-state index in [1.165, 1.54) is 12.1 Å². The van der Waals surface area contributed by atoms with Gasteiger partial charge in [-0.1, -0.05) is 54.6 Å². The Kier molecular flexibility index (Phi) is 7.64. The molecule has 1 atom stereocenters. The molecule has 1 saturated heterocycles. The van der Waals surface area contributed by atoms with Gasteiger partial charge in [0.05, 0.1) is 22.3 Å². The van der Waals surface area contributed by atoms with Gasteiger partial charge in [-0.2, -0.15) is 0 Å². The number of hydrogen-bond donors (Lipinski definition) is 2. The van der Waals surface area contributed by atoms with Gasteiger partial charge in [-0.25, -0.2) is 0 Å². The molecule has 1 aliphatic rings. The Balaban J connectivity index is 1.60. The normalized spacial score (nSPS) is 15.4. The molecule has 1 heterocycles. The number of hydrogen-bond acceptors (Lipinski definition) is 5. The highest BCUT2D eigenvalue weighted by Gasteiger charge is 2.20. The Morgan fingerprint density at radius 3 is 2.54 bits per heavy atom. The van der Waals surface area contributed by atoms with E-state index in [0.717, 1.165) is 12.8 Å². The summed E-state index contributed by atoms with van der Waals surface area (Å²) in [6.45, 7) is 1.11. The molecule has 2 N–H and O–H groups in total. The van der Waals surface area contributed by atoms with Gasteiger partial charge in [0.15, 0.2) is 0 Å². The van der Waals surface area contributed by atoms with Crippen LogP contribution in [0.4, 0.5) is 11.4 Å². The number of nitro benzene ring substituents is 1. The number of nitrogens with zero attached hydrogens (tertiary/aromatic N) is 1. The first-order valence-electron chi connectivity index (χ1n) is 11.3. The molecule has 0 aromatic heterocycles. The lowest BCUT2D eigenvalue weighted by Crippen LogP contribution is -2.32. The summed E-state index contributed by atoms with van der Waals surface area (Å²) >= 11 is 0. The second-order valence-electron chi connectivity index (χ2n) is 8.12. The first-order valence-corrected chi connectivity index (χ1v) is 11.3. The molecule has 1 aliphatic heterocycles. The molecule has 0 unspecified atom stereocenters. The lowest BCUT2D eigenvalue weighted by molar-refractivity contribution is -0.384. The van der Waals surface area contributed by atoms with Crippen molar-refractivity contribution in [3.63, 3.8) is 0 Å². The predicted octanol–water partition coefficient (Wildman–Crippen LogP) is 4.68. The monoisotopic (exact) mass is 471 g/mol. The highest BCUT2D eigenvalue weighted by Crippen LogP contribution is 2.24. The highest BCUT2D eigenvalue weighted by atomic mass is 16.6. The van der Waals surface area contributed by atoms with Gasteiger partial charge < -0.3 is 15.4 Å². The fourth-order valence-electron chi connectivity index (χ4n) is 3.88. The summed E-state index contributed by atoms with van der Waals surface area (Å²) in [7, 11) is 0. The lowest BCUT2D eigenvalue weighted by Gasteiger charge is -2.15. The van der Waals surface area contributed by atoms with Crippen molar-refractivity contribution in [3.05, 3.63) is 106 Å². The Morgan fingerprint density at radius 1 is 1.03 bits per heavy atom. The van der Waals surface area contributed by atoms with Gasteiger partial charge in [-0.05, 0) is 42.2 Å². The van der Waals surface area contributed by atoms with E-state index < -0.39 is 10.8 Å². The van der Waals surface area contributed by atoms with Crippen LogP contribution in [0.2, 0.25) is 0 Å². The maximum atomic E-state index is 13.4. The lowest BCUT2D eigenvalue weighted by atomic mass is 10.0. The number of amides is 2. The number of carbonyl (C=O) groups is 2. The van der Waals surface area contributed by atoms with Crippen LogP contribution in [0.1, 0.15) is 34.3 Å².